The zero-order valence-electron chi connectivity index (χ0n) is 30.2. The second-order valence-electron chi connectivity index (χ2n) is 14.9. The van der Waals surface area contributed by atoms with Crippen molar-refractivity contribution in [3.05, 3.63) is 147 Å². The van der Waals surface area contributed by atoms with Gasteiger partial charge < -0.3 is 19.5 Å². The molecule has 13 heteroatoms. The Morgan fingerprint density at radius 3 is 2.46 bits per heavy atom. The smallest absolute Gasteiger partial charge is 0.279 e. The number of aliphatic hydroxyl groups is 1. The standard InChI is InChI=1S/C41H41ClN6O5Si/c1-26-38(54(2,3)52)37(19-20-46-24-35(44-45-46)33(25-49)28-9-5-4-6-10-28)53-41(26)34-21-30(42)15-18-36(34)47(40(41)51)23-27-13-16-31(17-14-27)48-39(50)32-12-8-7-11-29(32)22-43-48/h4-18,21-22,24,26,33,37-38,49,52H,19-20,23,25H2,1-3H3/t26-,33?,37+,38-,41+/m0/s1. The summed E-state index contributed by atoms with van der Waals surface area (Å²) in [6.45, 7) is 6.40. The van der Waals surface area contributed by atoms with E-state index in [1.807, 2.05) is 111 Å². The first-order valence-electron chi connectivity index (χ1n) is 18.1. The molecule has 2 N–H and O–H groups in total. The molecule has 1 amide bonds. The highest BCUT2D eigenvalue weighted by Gasteiger charge is 2.66. The number of amides is 1. The fraction of sp³-hybridized carbons (Fsp3) is 0.293. The molecule has 1 spiro atoms. The maximum atomic E-state index is 14.9. The number of hydrogen-bond acceptors (Lipinski definition) is 8. The SMILES string of the molecule is C[C@H]1[C@H]([Si](C)(C)O)[C@@H](CCn2cc(C(CO)c3ccccc3)nn2)O[C@]12C(=O)N(Cc1ccc(-n3ncc4ccccc4c3=O)cc1)c1ccc(Cl)cc12. The van der Waals surface area contributed by atoms with E-state index in [0.29, 0.717) is 46.0 Å². The summed E-state index contributed by atoms with van der Waals surface area (Å²) < 4.78 is 10.1. The number of rotatable bonds is 10. The summed E-state index contributed by atoms with van der Waals surface area (Å²) in [7, 11) is -2.91. The highest BCUT2D eigenvalue weighted by Crippen LogP contribution is 2.60. The fourth-order valence-electron chi connectivity index (χ4n) is 8.57. The van der Waals surface area contributed by atoms with Gasteiger partial charge in [-0.05, 0) is 67.0 Å². The number of carbonyl (C=O) groups is 1. The summed E-state index contributed by atoms with van der Waals surface area (Å²) in [6, 6.07) is 30.0. The summed E-state index contributed by atoms with van der Waals surface area (Å²) in [5.74, 6) is -0.869. The van der Waals surface area contributed by atoms with Gasteiger partial charge in [-0.15, -0.1) is 5.10 Å². The third-order valence-electron chi connectivity index (χ3n) is 11.1. The van der Waals surface area contributed by atoms with E-state index >= 15 is 0 Å². The molecule has 0 saturated carbocycles. The Morgan fingerprint density at radius 2 is 1.72 bits per heavy atom. The average molecular weight is 761 g/mol. The zero-order chi connectivity index (χ0) is 37.8. The van der Waals surface area contributed by atoms with Crippen molar-refractivity contribution in [2.45, 2.75) is 62.7 Å². The summed E-state index contributed by atoms with van der Waals surface area (Å²) in [5.41, 5.74) is 2.64. The van der Waals surface area contributed by atoms with Crippen LogP contribution in [0, 0.1) is 5.92 Å². The van der Waals surface area contributed by atoms with Crippen LogP contribution in [-0.2, 0) is 28.2 Å². The number of carbonyl (C=O) groups excluding carboxylic acids is 1. The average Bonchev–Trinajstić information content (AvgIpc) is 3.82. The van der Waals surface area contributed by atoms with Gasteiger partial charge in [0.05, 0.1) is 53.8 Å². The largest absolute Gasteiger partial charge is 0.432 e. The van der Waals surface area contributed by atoms with E-state index in [9.17, 15) is 19.5 Å². The molecular formula is C41H41ClN6O5Si. The van der Waals surface area contributed by atoms with Gasteiger partial charge in [-0.1, -0.05) is 84.4 Å². The molecular weight excluding hydrogens is 720 g/mol. The zero-order valence-corrected chi connectivity index (χ0v) is 32.0. The lowest BCUT2D eigenvalue weighted by molar-refractivity contribution is -0.146. The van der Waals surface area contributed by atoms with E-state index in [2.05, 4.69) is 15.4 Å². The number of nitrogens with zero attached hydrogens (tertiary/aromatic N) is 6. The van der Waals surface area contributed by atoms with Gasteiger partial charge in [0.2, 0.25) is 0 Å². The predicted octanol–water partition coefficient (Wildman–Crippen LogP) is 6.19. The van der Waals surface area contributed by atoms with Crippen LogP contribution in [0.1, 0.15) is 41.6 Å². The lowest BCUT2D eigenvalue weighted by Crippen LogP contribution is -2.46. The van der Waals surface area contributed by atoms with Crippen molar-refractivity contribution in [1.29, 1.82) is 0 Å². The Bertz CT molecular complexity index is 2400. The number of halogens is 1. The Balaban J connectivity index is 1.07. The lowest BCUT2D eigenvalue weighted by Gasteiger charge is -2.32. The van der Waals surface area contributed by atoms with Gasteiger partial charge in [0.25, 0.3) is 11.5 Å². The minimum absolute atomic E-state index is 0.104. The van der Waals surface area contributed by atoms with Crippen LogP contribution in [0.4, 0.5) is 5.69 Å². The first kappa shape index (κ1) is 36.0. The first-order chi connectivity index (χ1) is 26.0. The van der Waals surface area contributed by atoms with Crippen LogP contribution in [0.3, 0.4) is 0 Å². The number of benzene rings is 4. The van der Waals surface area contributed by atoms with Crippen molar-refractivity contribution in [3.63, 3.8) is 0 Å². The van der Waals surface area contributed by atoms with Crippen LogP contribution in [0.2, 0.25) is 23.7 Å². The molecule has 2 aliphatic heterocycles. The van der Waals surface area contributed by atoms with Gasteiger partial charge in [0.15, 0.2) is 13.9 Å². The van der Waals surface area contributed by atoms with Crippen molar-refractivity contribution in [1.82, 2.24) is 24.8 Å². The van der Waals surface area contributed by atoms with Crippen molar-refractivity contribution in [2.24, 2.45) is 5.92 Å². The van der Waals surface area contributed by atoms with E-state index in [1.165, 1.54) is 4.68 Å². The highest BCUT2D eigenvalue weighted by atomic mass is 35.5. The van der Waals surface area contributed by atoms with E-state index in [1.54, 1.807) is 27.9 Å². The number of ether oxygens (including phenoxy) is 1. The minimum Gasteiger partial charge on any atom is -0.432 e. The first-order valence-corrected chi connectivity index (χ1v) is 21.5. The Kier molecular flexibility index (Phi) is 9.35. The van der Waals surface area contributed by atoms with Gasteiger partial charge in [-0.2, -0.15) is 9.78 Å². The monoisotopic (exact) mass is 760 g/mol. The van der Waals surface area contributed by atoms with Crippen molar-refractivity contribution in [3.8, 4) is 5.69 Å². The van der Waals surface area contributed by atoms with Crippen LogP contribution in [0.5, 0.6) is 0 Å². The van der Waals surface area contributed by atoms with Crippen molar-refractivity contribution < 1.29 is 19.4 Å². The molecule has 4 heterocycles. The molecule has 2 aliphatic rings. The molecule has 1 saturated heterocycles. The fourth-order valence-corrected chi connectivity index (χ4v) is 11.3. The highest BCUT2D eigenvalue weighted by molar-refractivity contribution is 6.71. The van der Waals surface area contributed by atoms with Crippen molar-refractivity contribution in [2.75, 3.05) is 11.5 Å². The number of aromatic nitrogens is 5. The van der Waals surface area contributed by atoms with Crippen molar-refractivity contribution >= 4 is 42.3 Å². The second kappa shape index (κ2) is 14.0. The molecule has 0 radical (unpaired) electrons. The second-order valence-corrected chi connectivity index (χ2v) is 19.3. The normalized spacial score (nSPS) is 21.6. The number of anilines is 1. The minimum atomic E-state index is -2.91. The van der Waals surface area contributed by atoms with Crippen LogP contribution in [-0.4, -0.2) is 61.6 Å². The van der Waals surface area contributed by atoms with E-state index in [4.69, 9.17) is 16.3 Å². The number of aryl methyl sites for hydroxylation is 1. The summed E-state index contributed by atoms with van der Waals surface area (Å²) >= 11 is 6.60. The molecule has 0 bridgehead atoms. The molecule has 6 aromatic rings. The van der Waals surface area contributed by atoms with Gasteiger partial charge >= 0.3 is 0 Å². The number of aliphatic hydroxyl groups excluding tert-OH is 1. The predicted molar refractivity (Wildman–Crippen MR) is 209 cm³/mol. The Labute approximate surface area is 318 Å². The number of fused-ring (bicyclic) bond motifs is 3. The van der Waals surface area contributed by atoms with E-state index < -0.39 is 20.0 Å². The summed E-state index contributed by atoms with van der Waals surface area (Å²) in [6.07, 6.45) is 3.55. The summed E-state index contributed by atoms with van der Waals surface area (Å²) in [5, 5.41) is 25.2. The molecule has 5 atom stereocenters. The molecule has 1 fully saturated rings. The lowest BCUT2D eigenvalue weighted by atomic mass is 9.82. The maximum Gasteiger partial charge on any atom is 0.279 e. The molecule has 54 heavy (non-hydrogen) atoms. The van der Waals surface area contributed by atoms with E-state index in [-0.39, 0.29) is 42.0 Å². The topological polar surface area (TPSA) is 136 Å². The molecule has 0 aliphatic carbocycles. The quantitative estimate of drug-likeness (QED) is 0.158. The van der Waals surface area contributed by atoms with Crippen LogP contribution < -0.4 is 10.5 Å². The molecule has 8 rings (SSSR count). The molecule has 11 nitrogen and oxygen atoms in total. The van der Waals surface area contributed by atoms with E-state index in [0.717, 1.165) is 16.5 Å². The Hall–Kier alpha value is -4.98. The maximum absolute atomic E-state index is 14.9. The van der Waals surface area contributed by atoms with Crippen LogP contribution in [0.15, 0.2) is 114 Å². The van der Waals surface area contributed by atoms with Crippen LogP contribution in [0.25, 0.3) is 16.5 Å². The summed E-state index contributed by atoms with van der Waals surface area (Å²) in [4.78, 5) is 41.6. The van der Waals surface area contributed by atoms with Gasteiger partial charge in [-0.25, -0.2) is 0 Å². The van der Waals surface area contributed by atoms with Gasteiger partial charge in [-0.3, -0.25) is 14.3 Å². The molecule has 4 aromatic carbocycles. The molecule has 276 valence electrons. The molecule has 2 aromatic heterocycles. The molecule has 1 unspecified atom stereocenters. The van der Waals surface area contributed by atoms with Crippen LogP contribution >= 0.6 is 11.6 Å². The third kappa shape index (κ3) is 6.17. The van der Waals surface area contributed by atoms with Gasteiger partial charge in [0, 0.05) is 40.2 Å². The number of hydrogen-bond donors (Lipinski definition) is 2. The Morgan fingerprint density at radius 1 is 0.981 bits per heavy atom. The van der Waals surface area contributed by atoms with Gasteiger partial charge in [0.1, 0.15) is 0 Å². The third-order valence-corrected chi connectivity index (χ3v) is 13.8.